The lowest BCUT2D eigenvalue weighted by atomic mass is 9.63. The van der Waals surface area contributed by atoms with E-state index in [-0.39, 0.29) is 17.7 Å². The second-order valence-corrected chi connectivity index (χ2v) is 9.78. The lowest BCUT2D eigenvalue weighted by Gasteiger charge is -2.44. The van der Waals surface area contributed by atoms with Crippen LogP contribution in [0.2, 0.25) is 0 Å². The van der Waals surface area contributed by atoms with Gasteiger partial charge in [0.15, 0.2) is 0 Å². The molecule has 1 saturated heterocycles. The minimum absolute atomic E-state index is 0.109. The summed E-state index contributed by atoms with van der Waals surface area (Å²) in [5.41, 5.74) is -1.48. The number of alkyl halides is 4. The number of nitrogens with zero attached hydrogens (tertiary/aromatic N) is 1. The summed E-state index contributed by atoms with van der Waals surface area (Å²) in [5.74, 6) is -0.685. The minimum atomic E-state index is -5.03. The molecule has 2 aliphatic rings. The predicted octanol–water partition coefficient (Wildman–Crippen LogP) is 7.42. The summed E-state index contributed by atoms with van der Waals surface area (Å²) >= 11 is 0. The number of para-hydroxylation sites is 1. The number of anilines is 1. The van der Waals surface area contributed by atoms with Gasteiger partial charge in [0.2, 0.25) is 5.67 Å². The molecule has 0 N–H and O–H groups in total. The van der Waals surface area contributed by atoms with Crippen molar-refractivity contribution in [3.63, 3.8) is 0 Å². The summed E-state index contributed by atoms with van der Waals surface area (Å²) < 4.78 is 83.3. The summed E-state index contributed by atoms with van der Waals surface area (Å²) in [5, 5.41) is 0. The number of hydrogen-bond acceptors (Lipinski definition) is 1. The summed E-state index contributed by atoms with van der Waals surface area (Å²) in [7, 11) is 0. The van der Waals surface area contributed by atoms with Crippen molar-refractivity contribution < 1.29 is 26.3 Å². The molecule has 1 aliphatic heterocycles. The van der Waals surface area contributed by atoms with Gasteiger partial charge in [0.25, 0.3) is 0 Å². The molecule has 1 aliphatic carbocycles. The first-order valence-electron chi connectivity index (χ1n) is 11.7. The third kappa shape index (κ3) is 3.89. The van der Waals surface area contributed by atoms with Crippen molar-refractivity contribution in [2.75, 3.05) is 11.4 Å². The van der Waals surface area contributed by atoms with Gasteiger partial charge < -0.3 is 4.90 Å². The van der Waals surface area contributed by atoms with E-state index in [9.17, 15) is 26.3 Å². The van der Waals surface area contributed by atoms with Crippen LogP contribution in [0.15, 0.2) is 66.7 Å². The third-order valence-electron chi connectivity index (χ3n) is 7.81. The van der Waals surface area contributed by atoms with E-state index in [0.29, 0.717) is 50.4 Å². The van der Waals surface area contributed by atoms with Crippen LogP contribution in [0, 0.1) is 11.6 Å². The fourth-order valence-corrected chi connectivity index (χ4v) is 5.96. The largest absolute Gasteiger partial charge is 0.426 e. The molecular formula is C28H25F6N. The molecule has 0 aromatic heterocycles. The van der Waals surface area contributed by atoms with Gasteiger partial charge in [-0.1, -0.05) is 42.5 Å². The summed E-state index contributed by atoms with van der Waals surface area (Å²) in [4.78, 5) is 2.05. The molecule has 0 amide bonds. The summed E-state index contributed by atoms with van der Waals surface area (Å²) in [6, 6.07) is 16.8. The van der Waals surface area contributed by atoms with Crippen molar-refractivity contribution in [3.8, 4) is 0 Å². The number of hydrogen-bond donors (Lipinski definition) is 0. The average molecular weight is 490 g/mol. The minimum Gasteiger partial charge on any atom is -0.365 e. The van der Waals surface area contributed by atoms with Gasteiger partial charge in [-0.05, 0) is 79.1 Å². The highest BCUT2D eigenvalue weighted by atomic mass is 19.4. The zero-order valence-electron chi connectivity index (χ0n) is 19.2. The van der Waals surface area contributed by atoms with E-state index in [1.165, 1.54) is 30.3 Å². The fourth-order valence-electron chi connectivity index (χ4n) is 5.96. The maximum atomic E-state index is 14.8. The van der Waals surface area contributed by atoms with Crippen LogP contribution in [0.25, 0.3) is 0 Å². The Hall–Kier alpha value is -2.96. The Morgan fingerprint density at radius 2 is 1.66 bits per heavy atom. The Balaban J connectivity index is 1.62. The van der Waals surface area contributed by atoms with Crippen molar-refractivity contribution >= 4 is 5.69 Å². The van der Waals surface area contributed by atoms with Crippen molar-refractivity contribution in [2.45, 2.75) is 55.9 Å². The Kier molecular flexibility index (Phi) is 5.65. The molecule has 1 heterocycles. The molecule has 3 aromatic carbocycles. The molecule has 0 saturated carbocycles. The normalized spacial score (nSPS) is 23.5. The molecule has 1 unspecified atom stereocenters. The molecule has 184 valence electrons. The first-order valence-corrected chi connectivity index (χ1v) is 11.7. The van der Waals surface area contributed by atoms with Crippen LogP contribution in [0.4, 0.5) is 32.0 Å². The second-order valence-electron chi connectivity index (χ2n) is 9.78. The number of benzene rings is 3. The Labute approximate surface area is 200 Å². The van der Waals surface area contributed by atoms with E-state index in [4.69, 9.17) is 0 Å². The number of rotatable bonds is 4. The van der Waals surface area contributed by atoms with Crippen LogP contribution in [0.5, 0.6) is 0 Å². The quantitative estimate of drug-likeness (QED) is 0.345. The van der Waals surface area contributed by atoms with E-state index in [0.717, 1.165) is 11.1 Å². The fraction of sp³-hybridized carbons (Fsp3) is 0.357. The highest BCUT2D eigenvalue weighted by Gasteiger charge is 2.55. The molecule has 1 nitrogen and oxygen atoms in total. The van der Waals surface area contributed by atoms with Crippen molar-refractivity contribution in [3.05, 3.63) is 101 Å². The third-order valence-corrected chi connectivity index (χ3v) is 7.81. The van der Waals surface area contributed by atoms with Gasteiger partial charge in [0, 0.05) is 18.0 Å². The monoisotopic (exact) mass is 489 g/mol. The van der Waals surface area contributed by atoms with E-state index in [1.807, 2.05) is 4.90 Å². The van der Waals surface area contributed by atoms with Crippen LogP contribution in [0.3, 0.4) is 0 Å². The molecule has 0 bridgehead atoms. The van der Waals surface area contributed by atoms with Gasteiger partial charge in [0.1, 0.15) is 11.6 Å². The summed E-state index contributed by atoms with van der Waals surface area (Å²) in [6.07, 6.45) is -2.83. The van der Waals surface area contributed by atoms with Crippen LogP contribution in [-0.2, 0) is 23.9 Å². The second kappa shape index (κ2) is 8.32. The van der Waals surface area contributed by atoms with Gasteiger partial charge in [-0.3, -0.25) is 0 Å². The maximum Gasteiger partial charge on any atom is 0.426 e. The SMILES string of the molecule is CC(F)(c1ccc2c(c1)CC[C@H]1N(c3ccccc3F)CC[C@@]21Cc1ccc(F)cc1)C(F)(F)F. The first kappa shape index (κ1) is 23.8. The highest BCUT2D eigenvalue weighted by Crippen LogP contribution is 2.52. The van der Waals surface area contributed by atoms with Crippen LogP contribution < -0.4 is 4.90 Å². The predicted molar refractivity (Wildman–Crippen MR) is 123 cm³/mol. The van der Waals surface area contributed by atoms with Gasteiger partial charge >= 0.3 is 6.18 Å². The molecule has 7 heteroatoms. The Bertz CT molecular complexity index is 1230. The molecule has 1 fully saturated rings. The number of halogens is 6. The topological polar surface area (TPSA) is 3.24 Å². The lowest BCUT2D eigenvalue weighted by Crippen LogP contribution is -2.48. The Morgan fingerprint density at radius 3 is 2.34 bits per heavy atom. The van der Waals surface area contributed by atoms with Gasteiger partial charge in [-0.25, -0.2) is 13.2 Å². The zero-order valence-corrected chi connectivity index (χ0v) is 19.2. The van der Waals surface area contributed by atoms with Crippen molar-refractivity contribution in [1.29, 1.82) is 0 Å². The van der Waals surface area contributed by atoms with Crippen LogP contribution in [-0.4, -0.2) is 18.8 Å². The smallest absolute Gasteiger partial charge is 0.365 e. The van der Waals surface area contributed by atoms with E-state index in [1.54, 1.807) is 36.4 Å². The van der Waals surface area contributed by atoms with E-state index >= 15 is 0 Å². The zero-order chi connectivity index (χ0) is 25.0. The van der Waals surface area contributed by atoms with E-state index < -0.39 is 22.8 Å². The van der Waals surface area contributed by atoms with Crippen molar-refractivity contribution in [1.82, 2.24) is 0 Å². The van der Waals surface area contributed by atoms with Gasteiger partial charge in [-0.2, -0.15) is 13.2 Å². The first-order chi connectivity index (χ1) is 16.5. The van der Waals surface area contributed by atoms with Gasteiger partial charge in [-0.15, -0.1) is 0 Å². The number of fused-ring (bicyclic) bond motifs is 3. The van der Waals surface area contributed by atoms with Gasteiger partial charge in [0.05, 0.1) is 5.69 Å². The highest BCUT2D eigenvalue weighted by molar-refractivity contribution is 5.56. The van der Waals surface area contributed by atoms with Crippen LogP contribution >= 0.6 is 0 Å². The molecule has 3 aromatic rings. The Morgan fingerprint density at radius 1 is 0.943 bits per heavy atom. The molecule has 3 atom stereocenters. The van der Waals surface area contributed by atoms with Crippen LogP contribution in [0.1, 0.15) is 42.0 Å². The summed E-state index contributed by atoms with van der Waals surface area (Å²) in [6.45, 7) is 1.11. The molecule has 0 radical (unpaired) electrons. The van der Waals surface area contributed by atoms with E-state index in [2.05, 4.69) is 0 Å². The molecule has 35 heavy (non-hydrogen) atoms. The maximum absolute atomic E-state index is 14.8. The molecule has 5 rings (SSSR count). The number of aryl methyl sites for hydroxylation is 1. The molecular weight excluding hydrogens is 464 g/mol. The van der Waals surface area contributed by atoms with Crippen molar-refractivity contribution in [2.24, 2.45) is 0 Å². The lowest BCUT2D eigenvalue weighted by molar-refractivity contribution is -0.228. The average Bonchev–Trinajstić information content (AvgIpc) is 3.19. The molecule has 0 spiro atoms. The standard InChI is InChI=1S/C28H25F6N/c1-26(31,28(32,33)34)20-9-12-22-19(16-20)8-13-25-27(22,17-18-6-10-21(29)11-7-18)14-15-35(25)24-5-3-2-4-23(24)30/h2-7,9-12,16,25H,8,13-15,17H2,1H3/t25-,26?,27-/m1/s1.